The Labute approximate surface area is 126 Å². The predicted octanol–water partition coefficient (Wildman–Crippen LogP) is 2.52. The lowest BCUT2D eigenvalue weighted by molar-refractivity contribution is 0.0833. The molecule has 1 aliphatic heterocycles. The van der Waals surface area contributed by atoms with E-state index in [1.54, 1.807) is 18.2 Å². The van der Waals surface area contributed by atoms with E-state index in [0.717, 1.165) is 6.07 Å². The maximum atomic E-state index is 12.3. The molecule has 1 aliphatic rings. The molecule has 0 bridgehead atoms. The Balaban J connectivity index is 2.11. The first-order valence-electron chi connectivity index (χ1n) is 6.63. The van der Waals surface area contributed by atoms with Crippen LogP contribution in [0.5, 0.6) is 28.7 Å². The molecule has 6 heteroatoms. The van der Waals surface area contributed by atoms with Gasteiger partial charge in [-0.2, -0.15) is 0 Å². The number of hydrogen-bond donors (Lipinski definition) is 3. The number of para-hydroxylation sites is 1. The zero-order chi connectivity index (χ0) is 15.9. The van der Waals surface area contributed by atoms with Gasteiger partial charge in [0.1, 0.15) is 23.2 Å². The summed E-state index contributed by atoms with van der Waals surface area (Å²) < 4.78 is 10.6. The Morgan fingerprint density at radius 2 is 1.91 bits per heavy atom. The summed E-state index contributed by atoms with van der Waals surface area (Å²) in [5.74, 6) is -1.20. The Morgan fingerprint density at radius 1 is 1.18 bits per heavy atom. The van der Waals surface area contributed by atoms with E-state index in [9.17, 15) is 20.1 Å². The van der Waals surface area contributed by atoms with Gasteiger partial charge in [-0.15, -0.1) is 0 Å². The van der Waals surface area contributed by atoms with E-state index >= 15 is 0 Å². The summed E-state index contributed by atoms with van der Waals surface area (Å²) in [4.78, 5) is 12.3. The van der Waals surface area contributed by atoms with Crippen LogP contribution in [0.25, 0.3) is 0 Å². The number of fused-ring (bicyclic) bond motifs is 1. The second kappa shape index (κ2) is 5.14. The summed E-state index contributed by atoms with van der Waals surface area (Å²) in [6.07, 6.45) is -0.803. The number of carbonyl (C=O) groups is 1. The number of Topliss-reactive ketones (excluding diaryl/α,β-unsaturated/α-hetero) is 1. The van der Waals surface area contributed by atoms with Crippen molar-refractivity contribution in [2.45, 2.75) is 12.5 Å². The normalized spacial score (nSPS) is 16.8. The Bertz CT molecular complexity index is 753. The molecule has 1 atom stereocenters. The van der Waals surface area contributed by atoms with Crippen molar-refractivity contribution in [2.75, 3.05) is 7.11 Å². The van der Waals surface area contributed by atoms with Crippen molar-refractivity contribution in [3.63, 3.8) is 0 Å². The van der Waals surface area contributed by atoms with Gasteiger partial charge in [-0.05, 0) is 6.07 Å². The van der Waals surface area contributed by atoms with Crippen molar-refractivity contribution < 1.29 is 29.6 Å². The summed E-state index contributed by atoms with van der Waals surface area (Å²) in [5, 5.41) is 30.0. The summed E-state index contributed by atoms with van der Waals surface area (Å²) in [6.45, 7) is 0. The summed E-state index contributed by atoms with van der Waals surface area (Å²) >= 11 is 0. The lowest BCUT2D eigenvalue weighted by Gasteiger charge is -2.27. The summed E-state index contributed by atoms with van der Waals surface area (Å²) in [5.41, 5.74) is 0.355. The molecule has 0 radical (unpaired) electrons. The molecule has 0 unspecified atom stereocenters. The number of rotatable bonds is 2. The average Bonchev–Trinajstić information content (AvgIpc) is 2.50. The fraction of sp³-hybridized carbons (Fsp3) is 0.188. The van der Waals surface area contributed by atoms with Crippen molar-refractivity contribution in [3.8, 4) is 28.7 Å². The van der Waals surface area contributed by atoms with Crippen molar-refractivity contribution in [1.29, 1.82) is 0 Å². The van der Waals surface area contributed by atoms with E-state index in [2.05, 4.69) is 0 Å². The Morgan fingerprint density at radius 3 is 2.59 bits per heavy atom. The van der Waals surface area contributed by atoms with Gasteiger partial charge in [0.05, 0.1) is 13.5 Å². The second-order valence-corrected chi connectivity index (χ2v) is 4.94. The highest BCUT2D eigenvalue weighted by Crippen LogP contribution is 2.49. The molecule has 1 heterocycles. The maximum absolute atomic E-state index is 12.3. The molecule has 0 saturated carbocycles. The fourth-order valence-electron chi connectivity index (χ4n) is 2.54. The molecule has 3 rings (SSSR count). The standard InChI is InChI=1S/C16H14O6/c1-21-13-7-11(19)14-10(18)6-12(22-16(14)15(13)20)8-4-2-3-5-9(8)17/h2-5,7,12,17,19-20H,6H2,1H3/t12-/m0/s1. The third kappa shape index (κ3) is 2.09. The first kappa shape index (κ1) is 14.1. The second-order valence-electron chi connectivity index (χ2n) is 4.94. The minimum Gasteiger partial charge on any atom is -0.508 e. The minimum absolute atomic E-state index is 0.00184. The zero-order valence-electron chi connectivity index (χ0n) is 11.7. The Kier molecular flexibility index (Phi) is 3.29. The quantitative estimate of drug-likeness (QED) is 0.738. The molecule has 0 aromatic heterocycles. The number of aromatic hydroxyl groups is 3. The molecule has 0 amide bonds. The highest BCUT2D eigenvalue weighted by Gasteiger charge is 2.34. The Hall–Kier alpha value is -2.89. The van der Waals surface area contributed by atoms with Crippen molar-refractivity contribution in [2.24, 2.45) is 0 Å². The van der Waals surface area contributed by atoms with E-state index in [4.69, 9.17) is 9.47 Å². The van der Waals surface area contributed by atoms with Crippen LogP contribution in [0.1, 0.15) is 28.4 Å². The topological polar surface area (TPSA) is 96.2 Å². The van der Waals surface area contributed by atoms with Crippen LogP contribution in [-0.2, 0) is 0 Å². The van der Waals surface area contributed by atoms with E-state index in [0.29, 0.717) is 5.56 Å². The number of carbonyl (C=O) groups excluding carboxylic acids is 1. The molecule has 0 aliphatic carbocycles. The molecular formula is C16H14O6. The number of hydrogen-bond acceptors (Lipinski definition) is 6. The molecule has 0 spiro atoms. The minimum atomic E-state index is -0.751. The van der Waals surface area contributed by atoms with Crippen LogP contribution >= 0.6 is 0 Å². The van der Waals surface area contributed by atoms with Crippen LogP contribution < -0.4 is 9.47 Å². The van der Waals surface area contributed by atoms with Crippen LogP contribution in [0.15, 0.2) is 30.3 Å². The lowest BCUT2D eigenvalue weighted by Crippen LogP contribution is -2.20. The fourth-order valence-corrected chi connectivity index (χ4v) is 2.54. The number of phenolic OH excluding ortho intramolecular Hbond substituents is 3. The van der Waals surface area contributed by atoms with Gasteiger partial charge in [0, 0.05) is 11.6 Å². The zero-order valence-corrected chi connectivity index (χ0v) is 11.7. The number of phenols is 3. The van der Waals surface area contributed by atoms with Gasteiger partial charge in [-0.25, -0.2) is 0 Å². The number of ketones is 1. The molecule has 2 aromatic rings. The molecule has 114 valence electrons. The molecule has 6 nitrogen and oxygen atoms in total. The third-order valence-corrected chi connectivity index (χ3v) is 3.61. The molecule has 0 fully saturated rings. The molecule has 0 saturated heterocycles. The van der Waals surface area contributed by atoms with Gasteiger partial charge in [0.2, 0.25) is 5.75 Å². The molecular weight excluding hydrogens is 288 g/mol. The average molecular weight is 302 g/mol. The van der Waals surface area contributed by atoms with E-state index in [-0.39, 0.29) is 46.5 Å². The smallest absolute Gasteiger partial charge is 0.201 e. The molecule has 2 aromatic carbocycles. The predicted molar refractivity (Wildman–Crippen MR) is 76.7 cm³/mol. The van der Waals surface area contributed by atoms with Crippen LogP contribution in [-0.4, -0.2) is 28.2 Å². The van der Waals surface area contributed by atoms with Gasteiger partial charge in [0.15, 0.2) is 17.3 Å². The van der Waals surface area contributed by atoms with Crippen LogP contribution in [0, 0.1) is 0 Å². The monoisotopic (exact) mass is 302 g/mol. The van der Waals surface area contributed by atoms with Crippen molar-refractivity contribution in [3.05, 3.63) is 41.5 Å². The van der Waals surface area contributed by atoms with E-state index < -0.39 is 6.10 Å². The van der Waals surface area contributed by atoms with Crippen LogP contribution in [0.3, 0.4) is 0 Å². The third-order valence-electron chi connectivity index (χ3n) is 3.61. The molecule has 3 N–H and O–H groups in total. The van der Waals surface area contributed by atoms with Crippen LogP contribution in [0.4, 0.5) is 0 Å². The van der Waals surface area contributed by atoms with Gasteiger partial charge in [-0.3, -0.25) is 4.79 Å². The lowest BCUT2D eigenvalue weighted by atomic mass is 9.94. The largest absolute Gasteiger partial charge is 0.508 e. The van der Waals surface area contributed by atoms with Crippen LogP contribution in [0.2, 0.25) is 0 Å². The van der Waals surface area contributed by atoms with Crippen molar-refractivity contribution >= 4 is 5.78 Å². The van der Waals surface area contributed by atoms with E-state index in [1.807, 2.05) is 0 Å². The molecule has 22 heavy (non-hydrogen) atoms. The SMILES string of the molecule is COc1cc(O)c2c(c1O)O[C@H](c1ccccc1O)CC2=O. The van der Waals surface area contributed by atoms with E-state index in [1.165, 1.54) is 13.2 Å². The summed E-state index contributed by atoms with van der Waals surface area (Å²) in [7, 11) is 1.33. The first-order chi connectivity index (χ1) is 10.5. The van der Waals surface area contributed by atoms with Gasteiger partial charge >= 0.3 is 0 Å². The van der Waals surface area contributed by atoms with Gasteiger partial charge in [-0.1, -0.05) is 18.2 Å². The van der Waals surface area contributed by atoms with Gasteiger partial charge in [0.25, 0.3) is 0 Å². The number of methoxy groups -OCH3 is 1. The highest BCUT2D eigenvalue weighted by molar-refractivity contribution is 6.03. The maximum Gasteiger partial charge on any atom is 0.201 e. The van der Waals surface area contributed by atoms with Gasteiger partial charge < -0.3 is 24.8 Å². The van der Waals surface area contributed by atoms with Crippen molar-refractivity contribution in [1.82, 2.24) is 0 Å². The summed E-state index contributed by atoms with van der Waals surface area (Å²) in [6, 6.07) is 7.65. The number of ether oxygens (including phenoxy) is 2. The first-order valence-corrected chi connectivity index (χ1v) is 6.63. The number of benzene rings is 2. The highest BCUT2D eigenvalue weighted by atomic mass is 16.5.